The Balaban J connectivity index is 1.97. The van der Waals surface area contributed by atoms with E-state index in [1.807, 2.05) is 4.90 Å². The minimum Gasteiger partial charge on any atom is -0.381 e. The Bertz CT molecular complexity index is 663. The van der Waals surface area contributed by atoms with Crippen molar-refractivity contribution in [3.8, 4) is 0 Å². The number of aryl methyl sites for hydroxylation is 1. The molecule has 1 saturated heterocycles. The number of aromatic nitrogens is 2. The summed E-state index contributed by atoms with van der Waals surface area (Å²) in [4.78, 5) is 15.8. The van der Waals surface area contributed by atoms with Crippen molar-refractivity contribution in [2.24, 2.45) is 17.6 Å². The molecule has 2 heterocycles. The maximum atomic E-state index is 11.3. The van der Waals surface area contributed by atoms with Crippen molar-refractivity contribution in [1.82, 2.24) is 9.78 Å². The number of rotatable bonds is 4. The number of nitro groups is 1. The zero-order valence-electron chi connectivity index (χ0n) is 13.1. The van der Waals surface area contributed by atoms with Crippen LogP contribution >= 0.6 is 0 Å². The topological polar surface area (TPSA) is 122 Å². The van der Waals surface area contributed by atoms with Crippen molar-refractivity contribution in [2.45, 2.75) is 31.4 Å². The highest BCUT2D eigenvalue weighted by Gasteiger charge is 2.55. The van der Waals surface area contributed by atoms with Gasteiger partial charge in [0.1, 0.15) is 6.20 Å². The number of azide groups is 1. The van der Waals surface area contributed by atoms with Gasteiger partial charge in [0.25, 0.3) is 0 Å². The maximum absolute atomic E-state index is 11.3. The van der Waals surface area contributed by atoms with Crippen molar-refractivity contribution < 1.29 is 9.66 Å². The molecule has 0 amide bonds. The smallest absolute Gasteiger partial charge is 0.331 e. The van der Waals surface area contributed by atoms with Gasteiger partial charge in [-0.25, -0.2) is 4.68 Å². The van der Waals surface area contributed by atoms with Gasteiger partial charge in [-0.1, -0.05) is 5.11 Å². The molecule has 3 rings (SSSR count). The second-order valence-electron chi connectivity index (χ2n) is 6.23. The summed E-state index contributed by atoms with van der Waals surface area (Å²) in [6.07, 6.45) is 3.60. The molecule has 23 heavy (non-hydrogen) atoms. The molecule has 1 aliphatic heterocycles. The third kappa shape index (κ3) is 2.60. The van der Waals surface area contributed by atoms with Gasteiger partial charge in [0.2, 0.25) is 5.82 Å². The van der Waals surface area contributed by atoms with Crippen molar-refractivity contribution >= 4 is 11.5 Å². The van der Waals surface area contributed by atoms with E-state index in [2.05, 4.69) is 15.1 Å². The fraction of sp³-hybridized carbons (Fsp3) is 0.769. The minimum absolute atomic E-state index is 0.000462. The van der Waals surface area contributed by atoms with Crippen LogP contribution in [0.3, 0.4) is 0 Å². The first-order valence-electron chi connectivity index (χ1n) is 7.51. The summed E-state index contributed by atoms with van der Waals surface area (Å²) in [6, 6.07) is -0.241. The highest BCUT2D eigenvalue weighted by molar-refractivity contribution is 5.58. The molecule has 0 N–H and O–H groups in total. The number of hydrogen-bond acceptors (Lipinski definition) is 6. The molecular formula is C13H19N7O3. The molecule has 1 saturated carbocycles. The fourth-order valence-corrected chi connectivity index (χ4v) is 3.60. The lowest BCUT2D eigenvalue weighted by molar-refractivity contribution is -0.384. The largest absolute Gasteiger partial charge is 0.381 e. The van der Waals surface area contributed by atoms with Crippen LogP contribution in [0.1, 0.15) is 19.3 Å². The molecule has 0 aromatic carbocycles. The van der Waals surface area contributed by atoms with E-state index >= 15 is 0 Å². The summed E-state index contributed by atoms with van der Waals surface area (Å²) < 4.78 is 7.07. The first kappa shape index (κ1) is 15.6. The normalized spacial score (nSPS) is 25.7. The van der Waals surface area contributed by atoms with Crippen molar-refractivity contribution in [2.75, 3.05) is 25.1 Å². The van der Waals surface area contributed by atoms with E-state index in [1.54, 1.807) is 14.2 Å². The van der Waals surface area contributed by atoms with Crippen LogP contribution in [-0.2, 0) is 11.8 Å². The van der Waals surface area contributed by atoms with Gasteiger partial charge in [0.15, 0.2) is 0 Å². The maximum Gasteiger partial charge on any atom is 0.331 e. The van der Waals surface area contributed by atoms with E-state index in [-0.39, 0.29) is 23.2 Å². The van der Waals surface area contributed by atoms with Gasteiger partial charge in [0, 0.05) is 32.2 Å². The van der Waals surface area contributed by atoms with Crippen molar-refractivity contribution in [1.29, 1.82) is 0 Å². The van der Waals surface area contributed by atoms with Crippen molar-refractivity contribution in [3.05, 3.63) is 26.8 Å². The number of anilines is 1. The van der Waals surface area contributed by atoms with E-state index in [0.29, 0.717) is 25.3 Å². The number of nitrogens with zero attached hydrogens (tertiary/aromatic N) is 7. The summed E-state index contributed by atoms with van der Waals surface area (Å²) >= 11 is 0. The van der Waals surface area contributed by atoms with Gasteiger partial charge >= 0.3 is 5.69 Å². The van der Waals surface area contributed by atoms with Crippen LogP contribution in [0, 0.1) is 15.5 Å². The van der Waals surface area contributed by atoms with Crippen LogP contribution in [0.2, 0.25) is 0 Å². The minimum atomic E-state index is -0.411. The second-order valence-corrected chi connectivity index (χ2v) is 6.23. The second kappa shape index (κ2) is 5.71. The first-order chi connectivity index (χ1) is 11.0. The fourth-order valence-electron chi connectivity index (χ4n) is 3.60. The molecule has 10 heteroatoms. The summed E-state index contributed by atoms with van der Waals surface area (Å²) in [5.41, 5.74) is 8.71. The molecule has 2 unspecified atom stereocenters. The van der Waals surface area contributed by atoms with Gasteiger partial charge < -0.3 is 9.64 Å². The summed E-state index contributed by atoms with van der Waals surface area (Å²) in [6.45, 7) is 1.20. The van der Waals surface area contributed by atoms with E-state index in [0.717, 1.165) is 12.8 Å². The molecule has 1 aromatic heterocycles. The molecule has 2 fully saturated rings. The Hall–Kier alpha value is -2.32. The SMILES string of the molecule is COC1CCN(c2c([N+](=O)[O-])cnn2C)CC2(CC2)C1N=[N+]=[N-]. The lowest BCUT2D eigenvalue weighted by Crippen LogP contribution is -2.37. The Morgan fingerprint density at radius 2 is 2.35 bits per heavy atom. The standard InChI is InChI=1S/C13H19N7O3/c1-18-12(9(7-15-18)20(21)22)19-6-3-10(23-2)11(16-17-14)13(8-19)4-5-13/h7,10-11H,3-6,8H2,1-2H3. The third-order valence-corrected chi connectivity index (χ3v) is 4.92. The summed E-state index contributed by atoms with van der Waals surface area (Å²) in [5.74, 6) is 0.498. The van der Waals surface area contributed by atoms with Crippen LogP contribution in [-0.4, -0.2) is 47.0 Å². The highest BCUT2D eigenvalue weighted by Crippen LogP contribution is 2.54. The monoisotopic (exact) mass is 321 g/mol. The van der Waals surface area contributed by atoms with Gasteiger partial charge in [-0.05, 0) is 30.2 Å². The molecule has 1 aliphatic carbocycles. The van der Waals surface area contributed by atoms with Crippen LogP contribution in [0.4, 0.5) is 11.5 Å². The van der Waals surface area contributed by atoms with Gasteiger partial charge in [-0.2, -0.15) is 5.10 Å². The van der Waals surface area contributed by atoms with Gasteiger partial charge in [0.05, 0.1) is 17.1 Å². The lowest BCUT2D eigenvalue weighted by atomic mass is 9.92. The predicted molar refractivity (Wildman–Crippen MR) is 82.1 cm³/mol. The Morgan fingerprint density at radius 1 is 1.61 bits per heavy atom. The third-order valence-electron chi connectivity index (χ3n) is 4.92. The first-order valence-corrected chi connectivity index (χ1v) is 7.51. The van der Waals surface area contributed by atoms with Crippen molar-refractivity contribution in [3.63, 3.8) is 0 Å². The highest BCUT2D eigenvalue weighted by atomic mass is 16.6. The molecule has 124 valence electrons. The quantitative estimate of drug-likeness (QED) is 0.276. The van der Waals surface area contributed by atoms with E-state index in [1.165, 1.54) is 10.9 Å². The van der Waals surface area contributed by atoms with E-state index < -0.39 is 4.92 Å². The molecule has 0 bridgehead atoms. The average Bonchev–Trinajstić information content (AvgIpc) is 3.22. The predicted octanol–water partition coefficient (Wildman–Crippen LogP) is 2.01. The molecule has 1 aromatic rings. The zero-order valence-corrected chi connectivity index (χ0v) is 13.1. The van der Waals surface area contributed by atoms with E-state index in [4.69, 9.17) is 10.3 Å². The summed E-state index contributed by atoms with van der Waals surface area (Å²) in [7, 11) is 3.31. The van der Waals surface area contributed by atoms with E-state index in [9.17, 15) is 10.1 Å². The zero-order chi connectivity index (χ0) is 16.6. The average molecular weight is 321 g/mol. The van der Waals surface area contributed by atoms with Crippen LogP contribution in [0.15, 0.2) is 11.3 Å². The Kier molecular flexibility index (Phi) is 3.87. The van der Waals surface area contributed by atoms with Crippen LogP contribution in [0.25, 0.3) is 10.4 Å². The molecule has 10 nitrogen and oxygen atoms in total. The van der Waals surface area contributed by atoms with Crippen LogP contribution in [0.5, 0.6) is 0 Å². The van der Waals surface area contributed by atoms with Gasteiger partial charge in [-0.15, -0.1) is 0 Å². The molecule has 2 aliphatic rings. The molecule has 1 spiro atoms. The molecule has 0 radical (unpaired) electrons. The number of ether oxygens (including phenoxy) is 1. The Morgan fingerprint density at radius 3 is 2.91 bits per heavy atom. The Labute approximate surface area is 132 Å². The molecular weight excluding hydrogens is 302 g/mol. The molecule has 2 atom stereocenters. The summed E-state index contributed by atoms with van der Waals surface area (Å²) in [5, 5.41) is 19.3. The van der Waals surface area contributed by atoms with Gasteiger partial charge in [-0.3, -0.25) is 10.1 Å². The number of methoxy groups -OCH3 is 1. The number of hydrogen-bond donors (Lipinski definition) is 0. The van der Waals surface area contributed by atoms with Crippen LogP contribution < -0.4 is 4.90 Å². The lowest BCUT2D eigenvalue weighted by Gasteiger charge is -2.28.